The zero-order valence-electron chi connectivity index (χ0n) is 12.4. The molecule has 0 aliphatic carbocycles. The summed E-state index contributed by atoms with van der Waals surface area (Å²) in [6.45, 7) is 5.32. The molecule has 1 atom stereocenters. The molecule has 1 aliphatic rings. The van der Waals surface area contributed by atoms with Gasteiger partial charge in [0.05, 0.1) is 7.11 Å². The summed E-state index contributed by atoms with van der Waals surface area (Å²) in [5.41, 5.74) is -0.640. The van der Waals surface area contributed by atoms with Crippen molar-refractivity contribution in [2.45, 2.75) is 45.2 Å². The van der Waals surface area contributed by atoms with Gasteiger partial charge in [0.1, 0.15) is 12.6 Å². The van der Waals surface area contributed by atoms with Gasteiger partial charge in [-0.15, -0.1) is 0 Å². The van der Waals surface area contributed by atoms with E-state index in [0.29, 0.717) is 19.4 Å². The first-order valence-electron chi connectivity index (χ1n) is 6.56. The Morgan fingerprint density at radius 2 is 1.95 bits per heavy atom. The van der Waals surface area contributed by atoms with Gasteiger partial charge in [-0.3, -0.25) is 4.79 Å². The van der Waals surface area contributed by atoms with Crippen molar-refractivity contribution in [3.63, 3.8) is 0 Å². The molecule has 1 rings (SSSR count). The summed E-state index contributed by atoms with van der Waals surface area (Å²) in [5, 5.41) is 8.96. The lowest BCUT2D eigenvalue weighted by molar-refractivity contribution is -0.145. The van der Waals surface area contributed by atoms with Crippen LogP contribution < -0.4 is 0 Å². The van der Waals surface area contributed by atoms with Crippen molar-refractivity contribution >= 4 is 18.0 Å². The average molecular weight is 286 g/mol. The van der Waals surface area contributed by atoms with E-state index in [0.717, 1.165) is 0 Å². The highest BCUT2D eigenvalue weighted by molar-refractivity contribution is 5.86. The molecule has 1 aliphatic heterocycles. The number of ether oxygens (including phenoxy) is 1. The lowest BCUT2D eigenvalue weighted by atomic mass is 10.1. The van der Waals surface area contributed by atoms with Crippen LogP contribution in [-0.2, 0) is 14.3 Å². The SMILES string of the molecule is COC(=O)C1CCCN1C(=O)N(CC(=O)O)C(C)(C)C. The highest BCUT2D eigenvalue weighted by Gasteiger charge is 2.40. The van der Waals surface area contributed by atoms with Crippen LogP contribution in [0, 0.1) is 0 Å². The molecule has 1 heterocycles. The summed E-state index contributed by atoms with van der Waals surface area (Å²) in [6.07, 6.45) is 1.25. The van der Waals surface area contributed by atoms with Crippen LogP contribution >= 0.6 is 0 Å². The third kappa shape index (κ3) is 3.61. The summed E-state index contributed by atoms with van der Waals surface area (Å²) in [6, 6.07) is -1.06. The number of carboxylic acid groups (broad SMARTS) is 1. The number of esters is 1. The molecule has 7 heteroatoms. The Morgan fingerprint density at radius 3 is 2.40 bits per heavy atom. The largest absolute Gasteiger partial charge is 0.480 e. The summed E-state index contributed by atoms with van der Waals surface area (Å²) in [7, 11) is 1.28. The Labute approximate surface area is 118 Å². The van der Waals surface area contributed by atoms with Crippen LogP contribution in [0.3, 0.4) is 0 Å². The monoisotopic (exact) mass is 286 g/mol. The number of carbonyl (C=O) groups excluding carboxylic acids is 2. The molecule has 0 radical (unpaired) electrons. The third-order valence-corrected chi connectivity index (χ3v) is 3.31. The quantitative estimate of drug-likeness (QED) is 0.780. The molecular weight excluding hydrogens is 264 g/mol. The molecule has 0 aromatic heterocycles. The van der Waals surface area contributed by atoms with Crippen molar-refractivity contribution in [2.75, 3.05) is 20.2 Å². The Balaban J connectivity index is 2.94. The molecule has 0 spiro atoms. The maximum Gasteiger partial charge on any atom is 0.328 e. The maximum atomic E-state index is 12.5. The number of aliphatic carboxylic acids is 1. The predicted octanol–water partition coefficient (Wildman–Crippen LogP) is 0.929. The molecule has 7 nitrogen and oxygen atoms in total. The Hall–Kier alpha value is -1.79. The van der Waals surface area contributed by atoms with Gasteiger partial charge in [-0.05, 0) is 33.6 Å². The van der Waals surface area contributed by atoms with Gasteiger partial charge in [0.25, 0.3) is 0 Å². The molecule has 0 aromatic rings. The van der Waals surface area contributed by atoms with Crippen LogP contribution in [0.4, 0.5) is 4.79 Å². The van der Waals surface area contributed by atoms with Crippen LogP contribution in [0.1, 0.15) is 33.6 Å². The molecule has 0 aromatic carbocycles. The van der Waals surface area contributed by atoms with Crippen molar-refractivity contribution < 1.29 is 24.2 Å². The molecular formula is C13H22N2O5. The van der Waals surface area contributed by atoms with Gasteiger partial charge in [0, 0.05) is 12.1 Å². The van der Waals surface area contributed by atoms with Crippen LogP contribution in [0.25, 0.3) is 0 Å². The second-order valence-corrected chi connectivity index (χ2v) is 5.81. The standard InChI is InChI=1S/C13H22N2O5/c1-13(2,3)15(8-10(16)17)12(19)14-7-5-6-9(14)11(18)20-4/h9H,5-8H2,1-4H3,(H,16,17). The van der Waals surface area contributed by atoms with Gasteiger partial charge in [0.2, 0.25) is 0 Å². The highest BCUT2D eigenvalue weighted by atomic mass is 16.5. The smallest absolute Gasteiger partial charge is 0.328 e. The van der Waals surface area contributed by atoms with E-state index in [1.54, 1.807) is 20.8 Å². The number of rotatable bonds is 3. The highest BCUT2D eigenvalue weighted by Crippen LogP contribution is 2.23. The van der Waals surface area contributed by atoms with Crippen molar-refractivity contribution in [1.82, 2.24) is 9.80 Å². The normalized spacial score (nSPS) is 18.8. The van der Waals surface area contributed by atoms with Gasteiger partial charge in [-0.25, -0.2) is 9.59 Å². The zero-order valence-corrected chi connectivity index (χ0v) is 12.4. The third-order valence-electron chi connectivity index (χ3n) is 3.31. The van der Waals surface area contributed by atoms with E-state index in [1.807, 2.05) is 0 Å². The van der Waals surface area contributed by atoms with E-state index in [-0.39, 0.29) is 0 Å². The summed E-state index contributed by atoms with van der Waals surface area (Å²) in [5.74, 6) is -1.54. The summed E-state index contributed by atoms with van der Waals surface area (Å²) in [4.78, 5) is 37.8. The number of hydrogen-bond donors (Lipinski definition) is 1. The zero-order chi connectivity index (χ0) is 15.5. The topological polar surface area (TPSA) is 87.2 Å². The van der Waals surface area contributed by atoms with Gasteiger partial charge in [-0.2, -0.15) is 0 Å². The predicted molar refractivity (Wildman–Crippen MR) is 71.2 cm³/mol. The minimum atomic E-state index is -1.08. The Bertz CT molecular complexity index is 402. The first-order chi connectivity index (χ1) is 9.18. The van der Waals surface area contributed by atoms with Crippen molar-refractivity contribution in [3.05, 3.63) is 0 Å². The molecule has 1 N–H and O–H groups in total. The van der Waals surface area contributed by atoms with Crippen molar-refractivity contribution in [2.24, 2.45) is 0 Å². The second kappa shape index (κ2) is 6.11. The number of carbonyl (C=O) groups is 3. The number of amides is 2. The molecule has 114 valence electrons. The number of nitrogens with zero attached hydrogens (tertiary/aromatic N) is 2. The number of carboxylic acids is 1. The fourth-order valence-electron chi connectivity index (χ4n) is 2.26. The fourth-order valence-corrected chi connectivity index (χ4v) is 2.26. The molecule has 1 saturated heterocycles. The molecule has 20 heavy (non-hydrogen) atoms. The van der Waals surface area contributed by atoms with Crippen LogP contribution in [-0.4, -0.2) is 64.7 Å². The van der Waals surface area contributed by atoms with Gasteiger partial charge in [0.15, 0.2) is 0 Å². The molecule has 1 unspecified atom stereocenters. The second-order valence-electron chi connectivity index (χ2n) is 5.81. The van der Waals surface area contributed by atoms with E-state index >= 15 is 0 Å². The van der Waals surface area contributed by atoms with Crippen LogP contribution in [0.15, 0.2) is 0 Å². The first-order valence-corrected chi connectivity index (χ1v) is 6.56. The van der Waals surface area contributed by atoms with E-state index in [2.05, 4.69) is 0 Å². The molecule has 2 amide bonds. The van der Waals surface area contributed by atoms with E-state index in [4.69, 9.17) is 9.84 Å². The molecule has 0 bridgehead atoms. The lowest BCUT2D eigenvalue weighted by Crippen LogP contribution is -2.55. The summed E-state index contributed by atoms with van der Waals surface area (Å²) < 4.78 is 4.69. The average Bonchev–Trinajstić information content (AvgIpc) is 2.81. The minimum Gasteiger partial charge on any atom is -0.480 e. The molecule has 1 fully saturated rings. The van der Waals surface area contributed by atoms with Gasteiger partial charge in [-0.1, -0.05) is 0 Å². The number of hydrogen-bond acceptors (Lipinski definition) is 4. The fraction of sp³-hybridized carbons (Fsp3) is 0.769. The van der Waals surface area contributed by atoms with Crippen molar-refractivity contribution in [1.29, 1.82) is 0 Å². The minimum absolute atomic E-state index is 0.396. The Morgan fingerprint density at radius 1 is 1.35 bits per heavy atom. The van der Waals surface area contributed by atoms with Gasteiger partial charge < -0.3 is 19.6 Å². The van der Waals surface area contributed by atoms with Crippen LogP contribution in [0.2, 0.25) is 0 Å². The summed E-state index contributed by atoms with van der Waals surface area (Å²) >= 11 is 0. The van der Waals surface area contributed by atoms with Gasteiger partial charge >= 0.3 is 18.0 Å². The van der Waals surface area contributed by atoms with Crippen molar-refractivity contribution in [3.8, 4) is 0 Å². The van der Waals surface area contributed by atoms with E-state index in [9.17, 15) is 14.4 Å². The maximum absolute atomic E-state index is 12.5. The van der Waals surface area contributed by atoms with Crippen LogP contribution in [0.5, 0.6) is 0 Å². The van der Waals surface area contributed by atoms with E-state index in [1.165, 1.54) is 16.9 Å². The first kappa shape index (κ1) is 16.3. The van der Waals surface area contributed by atoms with E-state index < -0.39 is 36.1 Å². The lowest BCUT2D eigenvalue weighted by Gasteiger charge is -2.38. The number of urea groups is 1. The Kier molecular flexibility index (Phi) is 4.97. The number of methoxy groups -OCH3 is 1. The molecule has 0 saturated carbocycles. The number of likely N-dealkylation sites (tertiary alicyclic amines) is 1.